The molecule has 1 aliphatic rings. The van der Waals surface area contributed by atoms with Gasteiger partial charge in [-0.2, -0.15) is 0 Å². The number of hydrogen-bond donors (Lipinski definition) is 0. The van der Waals surface area contributed by atoms with Crippen LogP contribution >= 0.6 is 11.8 Å². The summed E-state index contributed by atoms with van der Waals surface area (Å²) < 4.78 is 13.3. The first kappa shape index (κ1) is 13.3. The molecule has 1 aromatic carbocycles. The van der Waals surface area contributed by atoms with E-state index >= 15 is 0 Å². The number of rotatable bonds is 3. The molecule has 4 nitrogen and oxygen atoms in total. The zero-order valence-corrected chi connectivity index (χ0v) is 11.0. The lowest BCUT2D eigenvalue weighted by atomic mass is 10.1. The Balaban J connectivity index is 2.07. The van der Waals surface area contributed by atoms with Crippen LogP contribution in [0.1, 0.15) is 12.8 Å². The highest BCUT2D eigenvalue weighted by molar-refractivity contribution is 8.00. The maximum absolute atomic E-state index is 13.3. The van der Waals surface area contributed by atoms with Gasteiger partial charge in [-0.25, -0.2) is 4.39 Å². The number of nitro benzene ring substituents is 1. The molecule has 0 aliphatic carbocycles. The molecule has 0 aromatic heterocycles. The molecule has 2 rings (SSSR count). The van der Waals surface area contributed by atoms with Gasteiger partial charge in [0.2, 0.25) is 0 Å². The maximum atomic E-state index is 13.3. The molecule has 1 heterocycles. The van der Waals surface area contributed by atoms with E-state index < -0.39 is 10.7 Å². The van der Waals surface area contributed by atoms with Crippen molar-refractivity contribution in [3.8, 4) is 0 Å². The molecular weight excluding hydrogens is 255 g/mol. The molecule has 1 fully saturated rings. The summed E-state index contributed by atoms with van der Waals surface area (Å²) in [5, 5.41) is 11.1. The first-order valence-corrected chi connectivity index (χ1v) is 6.73. The number of hydrogen-bond acceptors (Lipinski definition) is 4. The van der Waals surface area contributed by atoms with Crippen molar-refractivity contribution in [1.29, 1.82) is 0 Å². The smallest absolute Gasteiger partial charge is 0.273 e. The number of likely N-dealkylation sites (tertiary alicyclic amines) is 1. The van der Waals surface area contributed by atoms with Gasteiger partial charge < -0.3 is 4.90 Å². The van der Waals surface area contributed by atoms with Crippen LogP contribution in [0, 0.1) is 15.9 Å². The molecule has 1 aromatic rings. The molecular formula is C12H15FN2O2S. The van der Waals surface area contributed by atoms with Gasteiger partial charge in [-0.05, 0) is 39.0 Å². The van der Waals surface area contributed by atoms with Gasteiger partial charge in [0, 0.05) is 16.2 Å². The molecule has 0 radical (unpaired) electrons. The molecule has 0 atom stereocenters. The Kier molecular flexibility index (Phi) is 4.19. The lowest BCUT2D eigenvalue weighted by molar-refractivity contribution is -0.385. The highest BCUT2D eigenvalue weighted by Crippen LogP contribution is 2.32. The predicted octanol–water partition coefficient (Wildman–Crippen LogP) is 2.92. The van der Waals surface area contributed by atoms with Crippen LogP contribution in [0.2, 0.25) is 0 Å². The summed E-state index contributed by atoms with van der Waals surface area (Å²) >= 11 is 1.54. The number of non-ortho nitro benzene ring substituents is 1. The van der Waals surface area contributed by atoms with Crippen LogP contribution in [0.25, 0.3) is 0 Å². The number of thioether (sulfide) groups is 1. The van der Waals surface area contributed by atoms with Gasteiger partial charge in [-0.15, -0.1) is 11.8 Å². The van der Waals surface area contributed by atoms with Crippen molar-refractivity contribution in [3.05, 3.63) is 34.1 Å². The van der Waals surface area contributed by atoms with Gasteiger partial charge >= 0.3 is 0 Å². The number of halogens is 1. The quantitative estimate of drug-likeness (QED) is 0.626. The van der Waals surface area contributed by atoms with E-state index in [9.17, 15) is 14.5 Å². The SMILES string of the molecule is CN1CCC(Sc2cc(F)cc([N+](=O)[O-])c2)CC1. The zero-order chi connectivity index (χ0) is 13.1. The van der Waals surface area contributed by atoms with Gasteiger partial charge in [-0.1, -0.05) is 0 Å². The summed E-state index contributed by atoms with van der Waals surface area (Å²) in [7, 11) is 2.08. The van der Waals surface area contributed by atoms with Crippen LogP contribution in [0.5, 0.6) is 0 Å². The third-order valence-corrected chi connectivity index (χ3v) is 4.35. The number of benzene rings is 1. The summed E-state index contributed by atoms with van der Waals surface area (Å²) in [5.41, 5.74) is -0.176. The predicted molar refractivity (Wildman–Crippen MR) is 69.4 cm³/mol. The Hall–Kier alpha value is -1.14. The van der Waals surface area contributed by atoms with Crippen molar-refractivity contribution in [3.63, 3.8) is 0 Å². The summed E-state index contributed by atoms with van der Waals surface area (Å²) in [5.74, 6) is -0.542. The monoisotopic (exact) mass is 270 g/mol. The first-order chi connectivity index (χ1) is 8.54. The highest BCUT2D eigenvalue weighted by atomic mass is 32.2. The fourth-order valence-electron chi connectivity index (χ4n) is 2.02. The summed E-state index contributed by atoms with van der Waals surface area (Å²) in [6, 6.07) is 3.78. The molecule has 0 amide bonds. The minimum absolute atomic E-state index is 0.176. The first-order valence-electron chi connectivity index (χ1n) is 5.85. The minimum Gasteiger partial charge on any atom is -0.306 e. The molecule has 0 spiro atoms. The highest BCUT2D eigenvalue weighted by Gasteiger charge is 2.19. The molecule has 18 heavy (non-hydrogen) atoms. The second-order valence-corrected chi connectivity index (χ2v) is 5.90. The largest absolute Gasteiger partial charge is 0.306 e. The van der Waals surface area contributed by atoms with E-state index in [1.807, 2.05) is 0 Å². The zero-order valence-electron chi connectivity index (χ0n) is 10.1. The van der Waals surface area contributed by atoms with Gasteiger partial charge in [-0.3, -0.25) is 10.1 Å². The van der Waals surface area contributed by atoms with Crippen molar-refractivity contribution < 1.29 is 9.31 Å². The summed E-state index contributed by atoms with van der Waals surface area (Å²) in [4.78, 5) is 13.0. The molecule has 0 unspecified atom stereocenters. The molecule has 1 saturated heterocycles. The van der Waals surface area contributed by atoms with Gasteiger partial charge in [0.15, 0.2) is 0 Å². The van der Waals surface area contributed by atoms with E-state index in [1.165, 1.54) is 12.1 Å². The number of nitro groups is 1. The van der Waals surface area contributed by atoms with Crippen LogP contribution < -0.4 is 0 Å². The van der Waals surface area contributed by atoms with E-state index in [0.29, 0.717) is 10.1 Å². The van der Waals surface area contributed by atoms with Crippen molar-refractivity contribution in [2.24, 2.45) is 0 Å². The molecule has 0 bridgehead atoms. The van der Waals surface area contributed by atoms with Crippen LogP contribution in [-0.4, -0.2) is 35.2 Å². The lowest BCUT2D eigenvalue weighted by Gasteiger charge is -2.28. The van der Waals surface area contributed by atoms with Crippen LogP contribution in [0.4, 0.5) is 10.1 Å². The van der Waals surface area contributed by atoms with Crippen molar-refractivity contribution in [1.82, 2.24) is 4.90 Å². The third-order valence-electron chi connectivity index (χ3n) is 3.04. The van der Waals surface area contributed by atoms with Crippen LogP contribution in [-0.2, 0) is 0 Å². The van der Waals surface area contributed by atoms with E-state index in [0.717, 1.165) is 32.0 Å². The van der Waals surface area contributed by atoms with Crippen LogP contribution in [0.15, 0.2) is 23.1 Å². The molecule has 6 heteroatoms. The Morgan fingerprint density at radius 3 is 2.67 bits per heavy atom. The van der Waals surface area contributed by atoms with Crippen LogP contribution in [0.3, 0.4) is 0 Å². The lowest BCUT2D eigenvalue weighted by Crippen LogP contribution is -2.31. The van der Waals surface area contributed by atoms with E-state index in [1.54, 1.807) is 11.8 Å². The third kappa shape index (κ3) is 3.43. The number of nitrogens with zero attached hydrogens (tertiary/aromatic N) is 2. The Labute approximate surface area is 109 Å². The second kappa shape index (κ2) is 5.67. The van der Waals surface area contributed by atoms with E-state index in [4.69, 9.17) is 0 Å². The Bertz CT molecular complexity index is 448. The van der Waals surface area contributed by atoms with Gasteiger partial charge in [0.1, 0.15) is 5.82 Å². The molecule has 98 valence electrons. The number of piperidine rings is 1. The molecule has 1 aliphatic heterocycles. The normalized spacial score (nSPS) is 17.9. The summed E-state index contributed by atoms with van der Waals surface area (Å²) in [6.07, 6.45) is 2.07. The average Bonchev–Trinajstić information content (AvgIpc) is 2.31. The Morgan fingerprint density at radius 2 is 2.06 bits per heavy atom. The van der Waals surface area contributed by atoms with Crippen molar-refractivity contribution in [2.45, 2.75) is 23.0 Å². The van der Waals surface area contributed by atoms with Gasteiger partial charge in [0.25, 0.3) is 5.69 Å². The van der Waals surface area contributed by atoms with Gasteiger partial charge in [0.05, 0.1) is 11.0 Å². The fraction of sp³-hybridized carbons (Fsp3) is 0.500. The topological polar surface area (TPSA) is 46.4 Å². The standard InChI is InChI=1S/C12H15FN2O2S/c1-14-4-2-11(3-5-14)18-12-7-9(13)6-10(8-12)15(16)17/h6-8,11H,2-5H2,1H3. The second-order valence-electron chi connectivity index (χ2n) is 4.52. The molecule has 0 saturated carbocycles. The molecule has 0 N–H and O–H groups in total. The van der Waals surface area contributed by atoms with E-state index in [2.05, 4.69) is 11.9 Å². The van der Waals surface area contributed by atoms with E-state index in [-0.39, 0.29) is 5.69 Å². The summed E-state index contributed by atoms with van der Waals surface area (Å²) in [6.45, 7) is 2.05. The average molecular weight is 270 g/mol. The van der Waals surface area contributed by atoms with Crippen molar-refractivity contribution in [2.75, 3.05) is 20.1 Å². The fourth-order valence-corrected chi connectivity index (χ4v) is 3.22. The van der Waals surface area contributed by atoms with Crippen molar-refractivity contribution >= 4 is 17.4 Å². The maximum Gasteiger partial charge on any atom is 0.273 e. The Morgan fingerprint density at radius 1 is 1.39 bits per heavy atom. The minimum atomic E-state index is -0.554.